The summed E-state index contributed by atoms with van der Waals surface area (Å²) in [4.78, 5) is 28.2. The van der Waals surface area contributed by atoms with Crippen molar-refractivity contribution < 1.29 is 23.0 Å². The summed E-state index contributed by atoms with van der Waals surface area (Å²) in [5.41, 5.74) is 1.73. The van der Waals surface area contributed by atoms with Crippen LogP contribution < -0.4 is 10.9 Å². The first-order chi connectivity index (χ1) is 17.9. The van der Waals surface area contributed by atoms with E-state index in [0.29, 0.717) is 34.0 Å². The number of alkyl carbamates (subject to hydrolysis) is 1. The normalized spacial score (nSPS) is 12.4. The number of fused-ring (bicyclic) bond motifs is 2. The molecule has 0 unspecified atom stereocenters. The van der Waals surface area contributed by atoms with Crippen LogP contribution in [0.3, 0.4) is 0 Å². The van der Waals surface area contributed by atoms with Crippen molar-refractivity contribution in [1.82, 2.24) is 15.5 Å². The Labute approximate surface area is 210 Å². The molecule has 3 aromatic carbocycles. The number of hydrogen-bond donors (Lipinski definition) is 2. The average Bonchev–Trinajstić information content (AvgIpc) is 3.31. The molecule has 0 radical (unpaired) electrons. The van der Waals surface area contributed by atoms with E-state index in [9.17, 15) is 14.0 Å². The van der Waals surface area contributed by atoms with Crippen LogP contribution in [0.5, 0.6) is 0 Å². The van der Waals surface area contributed by atoms with E-state index in [1.54, 1.807) is 36.4 Å². The summed E-state index contributed by atoms with van der Waals surface area (Å²) in [5.74, 6) is -1.05. The molecule has 1 aliphatic heterocycles. The van der Waals surface area contributed by atoms with Crippen LogP contribution >= 0.6 is 0 Å². The fraction of sp³-hybridized carbons (Fsp3) is 0.185. The summed E-state index contributed by atoms with van der Waals surface area (Å²) in [7, 11) is 1.49. The monoisotopic (exact) mass is 504 g/mol. The van der Waals surface area contributed by atoms with Gasteiger partial charge in [0.2, 0.25) is 0 Å². The van der Waals surface area contributed by atoms with Crippen molar-refractivity contribution >= 4 is 28.4 Å². The number of nitrogens with zero attached hydrogens (tertiary/aromatic N) is 2. The van der Waals surface area contributed by atoms with Crippen molar-refractivity contribution in [1.29, 1.82) is 0 Å². The van der Waals surface area contributed by atoms with E-state index in [4.69, 9.17) is 9.47 Å². The maximum atomic E-state index is 15.5. The second kappa shape index (κ2) is 10.3. The molecule has 10 heteroatoms. The number of methoxy groups -OCH3 is 1. The minimum Gasteiger partial charge on any atom is -0.447 e. The standard InChI is InChI=1S/C27H22F2N4O4/c1-36-10-11-37-27(35)31-23-14-16-7-8-18(24(29)25(16)30-23)20-12-15(6-9-21(20)28)13-22-17-4-2-3-5-19(17)26(34)33-32-22/h2-9,12H,10-11,13-14H2,1H3,(H,33,34)(H,30,31,35). The van der Waals surface area contributed by atoms with Gasteiger partial charge < -0.3 is 9.47 Å². The molecular formula is C27H22F2N4O4. The van der Waals surface area contributed by atoms with Crippen molar-refractivity contribution in [2.24, 2.45) is 4.99 Å². The molecule has 0 atom stereocenters. The maximum absolute atomic E-state index is 15.5. The van der Waals surface area contributed by atoms with Gasteiger partial charge in [-0.25, -0.2) is 23.7 Å². The molecule has 1 aromatic heterocycles. The summed E-state index contributed by atoms with van der Waals surface area (Å²) in [6.45, 7) is 0.318. The molecular weight excluding hydrogens is 482 g/mol. The number of aromatic amines is 1. The predicted molar refractivity (Wildman–Crippen MR) is 134 cm³/mol. The Morgan fingerprint density at radius 3 is 2.68 bits per heavy atom. The SMILES string of the molecule is COCCOC(=O)NC1=Nc2c(ccc(-c3cc(Cc4n[nH]c(=O)c5ccccc45)ccc3F)c2F)C1. The number of benzene rings is 3. The molecule has 0 saturated heterocycles. The molecule has 0 bridgehead atoms. The number of aromatic nitrogens is 2. The van der Waals surface area contributed by atoms with Crippen LogP contribution in [-0.4, -0.2) is 42.4 Å². The first kappa shape index (κ1) is 24.3. The number of aliphatic imine (C=N–C) groups is 1. The number of carbonyl (C=O) groups is 1. The Morgan fingerprint density at radius 1 is 1.05 bits per heavy atom. The second-order valence-corrected chi connectivity index (χ2v) is 8.46. The van der Waals surface area contributed by atoms with Crippen LogP contribution in [-0.2, 0) is 22.3 Å². The molecule has 1 aliphatic rings. The third-order valence-corrected chi connectivity index (χ3v) is 6.04. The molecule has 8 nitrogen and oxygen atoms in total. The largest absolute Gasteiger partial charge is 0.447 e. The maximum Gasteiger partial charge on any atom is 0.412 e. The van der Waals surface area contributed by atoms with Crippen LogP contribution in [0.25, 0.3) is 21.9 Å². The van der Waals surface area contributed by atoms with Crippen LogP contribution in [0.2, 0.25) is 0 Å². The van der Waals surface area contributed by atoms with Crippen molar-refractivity contribution in [3.8, 4) is 11.1 Å². The van der Waals surface area contributed by atoms with E-state index < -0.39 is 17.7 Å². The number of halogens is 2. The van der Waals surface area contributed by atoms with Gasteiger partial charge in [0.1, 0.15) is 23.9 Å². The Balaban J connectivity index is 1.43. The molecule has 37 heavy (non-hydrogen) atoms. The molecule has 0 spiro atoms. The van der Waals surface area contributed by atoms with Gasteiger partial charge in [-0.1, -0.05) is 36.4 Å². The van der Waals surface area contributed by atoms with Gasteiger partial charge >= 0.3 is 6.09 Å². The van der Waals surface area contributed by atoms with Gasteiger partial charge in [0.05, 0.1) is 17.7 Å². The highest BCUT2D eigenvalue weighted by molar-refractivity contribution is 6.01. The van der Waals surface area contributed by atoms with Gasteiger partial charge in [0.25, 0.3) is 5.56 Å². The number of amidine groups is 1. The zero-order chi connectivity index (χ0) is 25.9. The van der Waals surface area contributed by atoms with Crippen molar-refractivity contribution in [3.05, 3.63) is 93.4 Å². The first-order valence-electron chi connectivity index (χ1n) is 11.5. The zero-order valence-corrected chi connectivity index (χ0v) is 19.8. The zero-order valence-electron chi connectivity index (χ0n) is 19.8. The number of amides is 1. The highest BCUT2D eigenvalue weighted by Crippen LogP contribution is 2.37. The summed E-state index contributed by atoms with van der Waals surface area (Å²) in [6, 6.07) is 14.7. The van der Waals surface area contributed by atoms with Crippen LogP contribution in [0.1, 0.15) is 16.8 Å². The lowest BCUT2D eigenvalue weighted by Gasteiger charge is -2.11. The van der Waals surface area contributed by atoms with E-state index in [2.05, 4.69) is 20.5 Å². The molecule has 188 valence electrons. The molecule has 5 rings (SSSR count). The van der Waals surface area contributed by atoms with Gasteiger partial charge in [0, 0.05) is 36.5 Å². The Kier molecular flexibility index (Phi) is 6.74. The number of nitrogens with one attached hydrogen (secondary N) is 2. The molecule has 1 amide bonds. The molecule has 2 N–H and O–H groups in total. The highest BCUT2D eigenvalue weighted by atomic mass is 19.1. The van der Waals surface area contributed by atoms with Crippen LogP contribution in [0.4, 0.5) is 19.3 Å². The number of ether oxygens (including phenoxy) is 2. The fourth-order valence-corrected chi connectivity index (χ4v) is 4.26. The predicted octanol–water partition coefficient (Wildman–Crippen LogP) is 4.42. The van der Waals surface area contributed by atoms with Crippen LogP contribution in [0, 0.1) is 11.6 Å². The molecule has 0 fully saturated rings. The van der Waals surface area contributed by atoms with Crippen molar-refractivity contribution in [3.63, 3.8) is 0 Å². The number of hydrogen-bond acceptors (Lipinski definition) is 6. The minimum absolute atomic E-state index is 0.0442. The summed E-state index contributed by atoms with van der Waals surface area (Å²) >= 11 is 0. The van der Waals surface area contributed by atoms with E-state index in [-0.39, 0.29) is 47.8 Å². The fourth-order valence-electron chi connectivity index (χ4n) is 4.26. The van der Waals surface area contributed by atoms with Gasteiger partial charge in [-0.15, -0.1) is 0 Å². The average molecular weight is 504 g/mol. The van der Waals surface area contributed by atoms with Gasteiger partial charge in [-0.3, -0.25) is 10.1 Å². The third-order valence-electron chi connectivity index (χ3n) is 6.04. The number of rotatable bonds is 6. The Bertz CT molecular complexity index is 1600. The van der Waals surface area contributed by atoms with E-state index in [0.717, 1.165) is 0 Å². The number of carbonyl (C=O) groups excluding carboxylic acids is 1. The lowest BCUT2D eigenvalue weighted by Crippen LogP contribution is -2.31. The quantitative estimate of drug-likeness (QED) is 0.378. The topological polar surface area (TPSA) is 106 Å². The molecule has 4 aromatic rings. The van der Waals surface area contributed by atoms with E-state index in [1.807, 2.05) is 6.07 Å². The Morgan fingerprint density at radius 2 is 1.86 bits per heavy atom. The molecule has 0 saturated carbocycles. The summed E-state index contributed by atoms with van der Waals surface area (Å²) < 4.78 is 40.2. The summed E-state index contributed by atoms with van der Waals surface area (Å²) in [6.07, 6.45) is -0.208. The van der Waals surface area contributed by atoms with Gasteiger partial charge in [-0.05, 0) is 29.3 Å². The van der Waals surface area contributed by atoms with E-state index in [1.165, 1.54) is 19.2 Å². The summed E-state index contributed by atoms with van der Waals surface area (Å²) in [5, 5.41) is 10.4. The first-order valence-corrected chi connectivity index (χ1v) is 11.5. The lowest BCUT2D eigenvalue weighted by molar-refractivity contribution is 0.102. The van der Waals surface area contributed by atoms with Crippen LogP contribution in [0.15, 0.2) is 64.4 Å². The van der Waals surface area contributed by atoms with Crippen molar-refractivity contribution in [2.75, 3.05) is 20.3 Å². The number of H-pyrrole nitrogens is 1. The van der Waals surface area contributed by atoms with Gasteiger partial charge in [-0.2, -0.15) is 5.10 Å². The minimum atomic E-state index is -0.716. The lowest BCUT2D eigenvalue weighted by atomic mass is 9.97. The highest BCUT2D eigenvalue weighted by Gasteiger charge is 2.24. The smallest absolute Gasteiger partial charge is 0.412 e. The third kappa shape index (κ3) is 4.96. The van der Waals surface area contributed by atoms with E-state index >= 15 is 4.39 Å². The van der Waals surface area contributed by atoms with Gasteiger partial charge in [0.15, 0.2) is 5.82 Å². The van der Waals surface area contributed by atoms with Crippen molar-refractivity contribution in [2.45, 2.75) is 12.8 Å². The second-order valence-electron chi connectivity index (χ2n) is 8.46. The molecule has 0 aliphatic carbocycles. The molecule has 2 heterocycles. The Hall–Kier alpha value is -4.44.